The number of hydrogen-bond donors (Lipinski definition) is 0. The van der Waals surface area contributed by atoms with Gasteiger partial charge in [0.1, 0.15) is 0 Å². The molecule has 2 fully saturated rings. The second-order valence-corrected chi connectivity index (χ2v) is 3.19. The number of carbonyl (C=O) groups is 1. The first kappa shape index (κ1) is 6.83. The van der Waals surface area contributed by atoms with E-state index in [1.54, 1.807) is 4.90 Å². The van der Waals surface area contributed by atoms with E-state index in [0.29, 0.717) is 25.3 Å². The van der Waals surface area contributed by atoms with Crippen LogP contribution in [0, 0.1) is 0 Å². The van der Waals surface area contributed by atoms with Crippen LogP contribution in [-0.2, 0) is 4.79 Å². The number of rotatable bonds is 0. The molecule has 3 heteroatoms. The molecular weight excluding hydrogens is 145 g/mol. The summed E-state index contributed by atoms with van der Waals surface area (Å²) in [5, 5.41) is 0. The normalized spacial score (nSPS) is 33.5. The Morgan fingerprint density at radius 2 is 2.45 bits per heavy atom. The Balaban J connectivity index is 2.15. The summed E-state index contributed by atoms with van der Waals surface area (Å²) in [4.78, 5) is 12.9. The molecule has 2 nitrogen and oxygen atoms in total. The lowest BCUT2D eigenvalue weighted by molar-refractivity contribution is -0.127. The highest BCUT2D eigenvalue weighted by Crippen LogP contribution is 2.31. The summed E-state index contributed by atoms with van der Waals surface area (Å²) in [6.07, 6.45) is 2.97. The van der Waals surface area contributed by atoms with Gasteiger partial charge in [0.05, 0.1) is 6.33 Å². The molecule has 0 saturated carbocycles. The van der Waals surface area contributed by atoms with Gasteiger partial charge < -0.3 is 4.90 Å². The molecule has 1 unspecified atom stereocenters. The van der Waals surface area contributed by atoms with Gasteiger partial charge in [-0.3, -0.25) is 4.79 Å². The van der Waals surface area contributed by atoms with Crippen molar-refractivity contribution in [2.45, 2.75) is 25.3 Å². The Morgan fingerprint density at radius 3 is 3.09 bits per heavy atom. The molecule has 11 heavy (non-hydrogen) atoms. The Kier molecular flexibility index (Phi) is 1.44. The average Bonchev–Trinajstić information content (AvgIpc) is 2.53. The van der Waals surface area contributed by atoms with E-state index in [1.807, 2.05) is 0 Å². The fourth-order valence-corrected chi connectivity index (χ4v) is 1.89. The molecule has 0 aliphatic carbocycles. The molecule has 2 saturated heterocycles. The van der Waals surface area contributed by atoms with Crippen molar-refractivity contribution in [2.75, 3.05) is 6.54 Å². The van der Waals surface area contributed by atoms with Crippen LogP contribution in [0.3, 0.4) is 0 Å². The fraction of sp³-hybridized carbons (Fsp3) is 0.625. The second-order valence-electron chi connectivity index (χ2n) is 3.19. The molecule has 1 amide bonds. The fourth-order valence-electron chi connectivity index (χ4n) is 1.89. The summed E-state index contributed by atoms with van der Waals surface area (Å²) >= 11 is 0. The minimum Gasteiger partial charge on any atom is -0.335 e. The van der Waals surface area contributed by atoms with E-state index < -0.39 is 0 Å². The minimum atomic E-state index is 0.187. The van der Waals surface area contributed by atoms with Crippen LogP contribution in [-0.4, -0.2) is 23.4 Å². The van der Waals surface area contributed by atoms with Crippen molar-refractivity contribution in [3.63, 3.8) is 0 Å². The molecule has 60 valence electrons. The third-order valence-corrected chi connectivity index (χ3v) is 2.48. The van der Waals surface area contributed by atoms with Gasteiger partial charge in [-0.25, -0.2) is 4.39 Å². The van der Waals surface area contributed by atoms with Crippen LogP contribution in [0.1, 0.15) is 19.3 Å². The predicted molar refractivity (Wildman–Crippen MR) is 38.5 cm³/mol. The maximum absolute atomic E-state index is 12.0. The van der Waals surface area contributed by atoms with Crippen molar-refractivity contribution in [2.24, 2.45) is 0 Å². The average molecular weight is 155 g/mol. The molecule has 0 spiro atoms. The summed E-state index contributed by atoms with van der Waals surface area (Å²) in [5.41, 5.74) is 0.767. The lowest BCUT2D eigenvalue weighted by Gasteiger charge is -2.12. The number of fused-ring (bicyclic) bond motifs is 1. The molecule has 2 aliphatic rings. The molecule has 0 N–H and O–H groups in total. The third-order valence-electron chi connectivity index (χ3n) is 2.48. The van der Waals surface area contributed by atoms with E-state index in [1.165, 1.54) is 0 Å². The van der Waals surface area contributed by atoms with Gasteiger partial charge in [-0.2, -0.15) is 0 Å². The van der Waals surface area contributed by atoms with Crippen LogP contribution in [0.25, 0.3) is 0 Å². The highest BCUT2D eigenvalue weighted by Gasteiger charge is 2.36. The quantitative estimate of drug-likeness (QED) is 0.515. The van der Waals surface area contributed by atoms with Crippen molar-refractivity contribution in [3.8, 4) is 0 Å². The van der Waals surface area contributed by atoms with Crippen LogP contribution in [0.15, 0.2) is 11.9 Å². The van der Waals surface area contributed by atoms with Crippen LogP contribution >= 0.6 is 0 Å². The maximum atomic E-state index is 12.0. The van der Waals surface area contributed by atoms with Gasteiger partial charge in [0.25, 0.3) is 0 Å². The second kappa shape index (κ2) is 2.32. The Hall–Kier alpha value is -0.860. The molecule has 0 aromatic rings. The van der Waals surface area contributed by atoms with Gasteiger partial charge in [-0.1, -0.05) is 0 Å². The number of hydrogen-bond acceptors (Lipinski definition) is 1. The molecular formula is C8H10FNO. The molecule has 2 rings (SSSR count). The zero-order chi connectivity index (χ0) is 7.84. The Bertz CT molecular complexity index is 224. The number of amides is 1. The molecule has 0 aromatic carbocycles. The lowest BCUT2D eigenvalue weighted by atomic mass is 10.1. The van der Waals surface area contributed by atoms with Crippen LogP contribution in [0.4, 0.5) is 4.39 Å². The molecule has 0 radical (unpaired) electrons. The number of carbonyl (C=O) groups excluding carboxylic acids is 1. The molecule has 2 aliphatic heterocycles. The van der Waals surface area contributed by atoms with Gasteiger partial charge in [-0.05, 0) is 18.4 Å². The van der Waals surface area contributed by atoms with Crippen LogP contribution in [0.5, 0.6) is 0 Å². The van der Waals surface area contributed by atoms with E-state index in [2.05, 4.69) is 0 Å². The van der Waals surface area contributed by atoms with E-state index in [0.717, 1.165) is 18.4 Å². The Labute approximate surface area is 64.7 Å². The van der Waals surface area contributed by atoms with Crippen molar-refractivity contribution in [1.29, 1.82) is 0 Å². The summed E-state index contributed by atoms with van der Waals surface area (Å²) in [6.45, 7) is 0.528. The minimum absolute atomic E-state index is 0.187. The topological polar surface area (TPSA) is 20.3 Å². The monoisotopic (exact) mass is 155 g/mol. The summed E-state index contributed by atoms with van der Waals surface area (Å²) < 4.78 is 12.0. The van der Waals surface area contributed by atoms with Crippen molar-refractivity contribution in [3.05, 3.63) is 11.9 Å². The smallest absolute Gasteiger partial charge is 0.223 e. The maximum Gasteiger partial charge on any atom is 0.223 e. The van der Waals surface area contributed by atoms with E-state index >= 15 is 0 Å². The van der Waals surface area contributed by atoms with Gasteiger partial charge in [0.15, 0.2) is 0 Å². The highest BCUT2D eigenvalue weighted by atomic mass is 19.1. The van der Waals surface area contributed by atoms with E-state index in [4.69, 9.17) is 0 Å². The first-order valence-electron chi connectivity index (χ1n) is 3.89. The molecule has 1 atom stereocenters. The van der Waals surface area contributed by atoms with E-state index in [-0.39, 0.29) is 5.91 Å². The first-order valence-corrected chi connectivity index (χ1v) is 3.89. The van der Waals surface area contributed by atoms with E-state index in [9.17, 15) is 9.18 Å². The number of nitrogens with zero attached hydrogens (tertiary/aromatic N) is 1. The summed E-state index contributed by atoms with van der Waals surface area (Å²) in [5.74, 6) is 0.187. The van der Waals surface area contributed by atoms with Gasteiger partial charge in [0.2, 0.25) is 5.91 Å². The number of halogens is 1. The van der Waals surface area contributed by atoms with Crippen molar-refractivity contribution >= 4 is 5.91 Å². The Morgan fingerprint density at radius 1 is 1.64 bits per heavy atom. The lowest BCUT2D eigenvalue weighted by Crippen LogP contribution is -2.26. The third kappa shape index (κ3) is 0.951. The van der Waals surface area contributed by atoms with Crippen LogP contribution in [0.2, 0.25) is 0 Å². The first-order chi connectivity index (χ1) is 5.31. The molecule has 2 heterocycles. The van der Waals surface area contributed by atoms with Crippen LogP contribution < -0.4 is 0 Å². The molecule has 0 bridgehead atoms. The highest BCUT2D eigenvalue weighted by molar-refractivity contribution is 5.79. The standard InChI is InChI=1S/C8H10FNO/c9-4-6-3-7-1-2-8(11)10(7)5-6/h4,7H,1-3,5H2. The zero-order valence-corrected chi connectivity index (χ0v) is 6.22. The SMILES string of the molecule is O=C1CCC2CC(=CF)CN12. The van der Waals surface area contributed by atoms with Gasteiger partial charge in [0, 0.05) is 19.0 Å². The zero-order valence-electron chi connectivity index (χ0n) is 6.22. The predicted octanol–water partition coefficient (Wildman–Crippen LogP) is 1.23. The van der Waals surface area contributed by atoms with Gasteiger partial charge >= 0.3 is 0 Å². The largest absolute Gasteiger partial charge is 0.335 e. The summed E-state index contributed by atoms with van der Waals surface area (Å²) in [7, 11) is 0. The summed E-state index contributed by atoms with van der Waals surface area (Å²) in [6, 6.07) is 0.310. The van der Waals surface area contributed by atoms with Crippen molar-refractivity contribution < 1.29 is 9.18 Å². The molecule has 0 aromatic heterocycles. The van der Waals surface area contributed by atoms with Gasteiger partial charge in [-0.15, -0.1) is 0 Å². The van der Waals surface area contributed by atoms with Crippen molar-refractivity contribution in [1.82, 2.24) is 4.90 Å².